The molecule has 0 aliphatic rings. The summed E-state index contributed by atoms with van der Waals surface area (Å²) in [5, 5.41) is 26.4. The van der Waals surface area contributed by atoms with Crippen LogP contribution in [0.2, 0.25) is 0 Å². The quantitative estimate of drug-likeness (QED) is 0.586. The van der Waals surface area contributed by atoms with Crippen molar-refractivity contribution >= 4 is 15.9 Å². The van der Waals surface area contributed by atoms with Crippen LogP contribution in [-0.4, -0.2) is 15.3 Å². The van der Waals surface area contributed by atoms with Gasteiger partial charge in [-0.15, -0.1) is 0 Å². The lowest BCUT2D eigenvalue weighted by molar-refractivity contribution is 0.350. The Morgan fingerprint density at radius 3 is 2.18 bits per heavy atom. The Kier molecular flexibility index (Phi) is 1.90. The van der Waals surface area contributed by atoms with Gasteiger partial charge in [0.1, 0.15) is 0 Å². The van der Waals surface area contributed by atoms with Gasteiger partial charge in [-0.25, -0.2) is 4.39 Å². The van der Waals surface area contributed by atoms with E-state index >= 15 is 0 Å². The van der Waals surface area contributed by atoms with E-state index in [-0.39, 0.29) is 4.47 Å². The van der Waals surface area contributed by atoms with Gasteiger partial charge in [0.15, 0.2) is 17.3 Å². The van der Waals surface area contributed by atoms with E-state index in [1.807, 2.05) is 0 Å². The molecule has 3 N–H and O–H groups in total. The van der Waals surface area contributed by atoms with E-state index in [0.29, 0.717) is 0 Å². The molecule has 0 radical (unpaired) electrons. The number of benzene rings is 1. The summed E-state index contributed by atoms with van der Waals surface area (Å²) in [6.45, 7) is 0. The minimum Gasteiger partial charge on any atom is -0.503 e. The predicted molar refractivity (Wildman–Crippen MR) is 39.1 cm³/mol. The number of rotatable bonds is 0. The van der Waals surface area contributed by atoms with Gasteiger partial charge in [0.05, 0.1) is 4.47 Å². The third-order valence-corrected chi connectivity index (χ3v) is 1.76. The van der Waals surface area contributed by atoms with E-state index in [1.54, 1.807) is 0 Å². The summed E-state index contributed by atoms with van der Waals surface area (Å²) in [5.74, 6) is -3.39. The molecule has 0 bridgehead atoms. The van der Waals surface area contributed by atoms with Gasteiger partial charge in [-0.2, -0.15) is 0 Å². The van der Waals surface area contributed by atoms with E-state index in [0.717, 1.165) is 6.07 Å². The van der Waals surface area contributed by atoms with Gasteiger partial charge in [-0.05, 0) is 22.0 Å². The molecule has 1 rings (SSSR count). The molecule has 60 valence electrons. The first-order valence-corrected chi connectivity index (χ1v) is 3.42. The fraction of sp³-hybridized carbons (Fsp3) is 0. The molecule has 0 fully saturated rings. The number of phenolic OH excluding ortho intramolecular Hbond substituents is 3. The average molecular weight is 223 g/mol. The molecule has 0 aliphatic carbocycles. The highest BCUT2D eigenvalue weighted by Crippen LogP contribution is 2.41. The van der Waals surface area contributed by atoms with E-state index in [1.165, 1.54) is 0 Å². The molecule has 11 heavy (non-hydrogen) atoms. The van der Waals surface area contributed by atoms with Crippen molar-refractivity contribution in [2.75, 3.05) is 0 Å². The van der Waals surface area contributed by atoms with Crippen LogP contribution in [0.3, 0.4) is 0 Å². The van der Waals surface area contributed by atoms with Crippen molar-refractivity contribution in [2.24, 2.45) is 0 Å². The molecule has 0 atom stereocenters. The molecule has 5 heteroatoms. The van der Waals surface area contributed by atoms with Gasteiger partial charge in [-0.1, -0.05) is 0 Å². The third-order valence-electron chi connectivity index (χ3n) is 1.15. The number of phenols is 3. The Bertz CT molecular complexity index is 274. The first-order valence-electron chi connectivity index (χ1n) is 2.63. The molecule has 0 saturated heterocycles. The number of hydrogen-bond acceptors (Lipinski definition) is 3. The maximum absolute atomic E-state index is 12.5. The molecule has 0 heterocycles. The molecule has 1 aromatic rings. The fourth-order valence-electron chi connectivity index (χ4n) is 0.586. The summed E-state index contributed by atoms with van der Waals surface area (Å²) < 4.78 is 12.5. The summed E-state index contributed by atoms with van der Waals surface area (Å²) in [7, 11) is 0. The SMILES string of the molecule is Oc1c(F)cc(Br)c(O)c1O. The lowest BCUT2D eigenvalue weighted by atomic mass is 10.3. The third kappa shape index (κ3) is 1.23. The Labute approximate surface area is 69.8 Å². The Morgan fingerprint density at radius 2 is 1.64 bits per heavy atom. The second-order valence-corrected chi connectivity index (χ2v) is 2.74. The smallest absolute Gasteiger partial charge is 0.204 e. The zero-order valence-electron chi connectivity index (χ0n) is 5.17. The summed E-state index contributed by atoms with van der Waals surface area (Å²) in [4.78, 5) is 0. The Morgan fingerprint density at radius 1 is 1.09 bits per heavy atom. The van der Waals surface area contributed by atoms with Crippen molar-refractivity contribution < 1.29 is 19.7 Å². The van der Waals surface area contributed by atoms with E-state index < -0.39 is 23.1 Å². The van der Waals surface area contributed by atoms with Crippen LogP contribution in [0.4, 0.5) is 4.39 Å². The molecular formula is C6H4BrFO3. The van der Waals surface area contributed by atoms with E-state index in [4.69, 9.17) is 15.3 Å². The standard InChI is InChI=1S/C6H4BrFO3/c7-2-1-3(8)5(10)6(11)4(2)9/h1,9-11H. The molecule has 0 unspecified atom stereocenters. The number of hydrogen-bond donors (Lipinski definition) is 3. The van der Waals surface area contributed by atoms with Crippen LogP contribution in [0.1, 0.15) is 0 Å². The summed E-state index contributed by atoms with van der Waals surface area (Å²) in [5.41, 5.74) is 0. The lowest BCUT2D eigenvalue weighted by Gasteiger charge is -2.02. The van der Waals surface area contributed by atoms with Gasteiger partial charge >= 0.3 is 0 Å². The van der Waals surface area contributed by atoms with E-state index in [2.05, 4.69) is 15.9 Å². The Balaban J connectivity index is 3.46. The molecule has 1 aromatic carbocycles. The molecule has 0 saturated carbocycles. The van der Waals surface area contributed by atoms with Crippen LogP contribution in [-0.2, 0) is 0 Å². The van der Waals surface area contributed by atoms with Crippen LogP contribution in [0.5, 0.6) is 17.2 Å². The first-order chi connectivity index (χ1) is 5.04. The van der Waals surface area contributed by atoms with Crippen LogP contribution in [0, 0.1) is 5.82 Å². The highest BCUT2D eigenvalue weighted by molar-refractivity contribution is 9.10. The van der Waals surface area contributed by atoms with Crippen molar-refractivity contribution in [3.8, 4) is 17.2 Å². The van der Waals surface area contributed by atoms with Crippen LogP contribution in [0.25, 0.3) is 0 Å². The summed E-state index contributed by atoms with van der Waals surface area (Å²) in [6.07, 6.45) is 0. The molecule has 0 amide bonds. The fourth-order valence-corrected chi connectivity index (χ4v) is 0.975. The zero-order chi connectivity index (χ0) is 8.59. The molecule has 0 aromatic heterocycles. The van der Waals surface area contributed by atoms with Gasteiger partial charge < -0.3 is 15.3 Å². The maximum Gasteiger partial charge on any atom is 0.204 e. The van der Waals surface area contributed by atoms with E-state index in [9.17, 15) is 4.39 Å². The number of aromatic hydroxyl groups is 3. The minimum absolute atomic E-state index is 0.00898. The normalized spacial score (nSPS) is 10.0. The summed E-state index contributed by atoms with van der Waals surface area (Å²) >= 11 is 2.77. The predicted octanol–water partition coefficient (Wildman–Crippen LogP) is 1.71. The van der Waals surface area contributed by atoms with Crippen LogP contribution >= 0.6 is 15.9 Å². The van der Waals surface area contributed by atoms with Crippen molar-refractivity contribution in [3.05, 3.63) is 16.4 Å². The van der Waals surface area contributed by atoms with Gasteiger partial charge in [0.25, 0.3) is 0 Å². The molecule has 3 nitrogen and oxygen atoms in total. The van der Waals surface area contributed by atoms with Crippen LogP contribution in [0.15, 0.2) is 10.5 Å². The lowest BCUT2D eigenvalue weighted by Crippen LogP contribution is -1.79. The second kappa shape index (κ2) is 2.58. The first kappa shape index (κ1) is 8.13. The highest BCUT2D eigenvalue weighted by Gasteiger charge is 2.14. The van der Waals surface area contributed by atoms with Crippen molar-refractivity contribution in [1.29, 1.82) is 0 Å². The van der Waals surface area contributed by atoms with Gasteiger partial charge in [-0.3, -0.25) is 0 Å². The van der Waals surface area contributed by atoms with Crippen molar-refractivity contribution in [3.63, 3.8) is 0 Å². The van der Waals surface area contributed by atoms with Crippen molar-refractivity contribution in [1.82, 2.24) is 0 Å². The average Bonchev–Trinajstić information content (AvgIpc) is 1.97. The summed E-state index contributed by atoms with van der Waals surface area (Å²) in [6, 6.07) is 0.852. The largest absolute Gasteiger partial charge is 0.503 e. The highest BCUT2D eigenvalue weighted by atomic mass is 79.9. The molecular weight excluding hydrogens is 219 g/mol. The van der Waals surface area contributed by atoms with Gasteiger partial charge in [0.2, 0.25) is 5.75 Å². The zero-order valence-corrected chi connectivity index (χ0v) is 6.76. The topological polar surface area (TPSA) is 60.7 Å². The van der Waals surface area contributed by atoms with Gasteiger partial charge in [0, 0.05) is 0 Å². The maximum atomic E-state index is 12.5. The molecule has 0 spiro atoms. The van der Waals surface area contributed by atoms with Crippen molar-refractivity contribution in [2.45, 2.75) is 0 Å². The molecule has 0 aliphatic heterocycles. The monoisotopic (exact) mass is 222 g/mol. The number of halogens is 2. The van der Waals surface area contributed by atoms with Crippen LogP contribution < -0.4 is 0 Å². The second-order valence-electron chi connectivity index (χ2n) is 1.89. The minimum atomic E-state index is -0.993. The Hall–Kier alpha value is -0.970.